The van der Waals surface area contributed by atoms with Gasteiger partial charge in [-0.2, -0.15) is 0 Å². The van der Waals surface area contributed by atoms with E-state index in [4.69, 9.17) is 9.26 Å². The second-order valence-corrected chi connectivity index (χ2v) is 7.94. The molecule has 0 radical (unpaired) electrons. The van der Waals surface area contributed by atoms with Gasteiger partial charge in [0.2, 0.25) is 5.76 Å². The number of hydrogen-bond acceptors (Lipinski definition) is 6. The Morgan fingerprint density at radius 1 is 0.969 bits per heavy atom. The summed E-state index contributed by atoms with van der Waals surface area (Å²) in [7, 11) is 0. The van der Waals surface area contributed by atoms with E-state index in [0.717, 1.165) is 29.7 Å². The molecule has 0 saturated carbocycles. The number of piperidine rings is 1. The minimum Gasteiger partial charge on any atom is -0.490 e. The van der Waals surface area contributed by atoms with Crippen LogP contribution in [0.25, 0.3) is 0 Å². The van der Waals surface area contributed by atoms with Gasteiger partial charge in [-0.05, 0) is 41.5 Å². The number of carbonyl (C=O) groups excluding carboxylic acids is 2. The largest absolute Gasteiger partial charge is 0.490 e. The lowest BCUT2D eigenvalue weighted by atomic mass is 10.1. The molecule has 3 aromatic rings. The van der Waals surface area contributed by atoms with Gasteiger partial charge < -0.3 is 24.4 Å². The number of ether oxygens (including phenoxy) is 1. The summed E-state index contributed by atoms with van der Waals surface area (Å²) in [5.74, 6) is 0.859. The summed E-state index contributed by atoms with van der Waals surface area (Å²) in [5, 5.41) is 6.52. The van der Waals surface area contributed by atoms with E-state index in [1.165, 1.54) is 6.20 Å². The van der Waals surface area contributed by atoms with Crippen molar-refractivity contribution in [2.75, 3.05) is 18.4 Å². The predicted molar refractivity (Wildman–Crippen MR) is 115 cm³/mol. The van der Waals surface area contributed by atoms with Crippen molar-refractivity contribution in [1.29, 1.82) is 0 Å². The maximum absolute atomic E-state index is 12.6. The Morgan fingerprint density at radius 3 is 2.47 bits per heavy atom. The van der Waals surface area contributed by atoms with Gasteiger partial charge in [0.25, 0.3) is 5.91 Å². The molecule has 5 rings (SSSR count). The van der Waals surface area contributed by atoms with E-state index in [2.05, 4.69) is 15.5 Å². The normalized spacial score (nSPS) is 16.0. The van der Waals surface area contributed by atoms with E-state index < -0.39 is 0 Å². The van der Waals surface area contributed by atoms with Crippen LogP contribution in [0.4, 0.5) is 10.5 Å². The van der Waals surface area contributed by atoms with Crippen LogP contribution in [-0.2, 0) is 13.1 Å². The minimum atomic E-state index is -0.140. The number of fused-ring (bicyclic) bond motifs is 1. The van der Waals surface area contributed by atoms with Crippen molar-refractivity contribution >= 4 is 17.6 Å². The Kier molecular flexibility index (Phi) is 5.45. The van der Waals surface area contributed by atoms with Gasteiger partial charge in [0.05, 0.1) is 6.20 Å². The molecule has 2 aromatic heterocycles. The van der Waals surface area contributed by atoms with Crippen molar-refractivity contribution in [2.24, 2.45) is 0 Å². The molecule has 0 bridgehead atoms. The third-order valence-electron chi connectivity index (χ3n) is 5.80. The van der Waals surface area contributed by atoms with E-state index in [9.17, 15) is 9.59 Å². The molecule has 2 aliphatic rings. The summed E-state index contributed by atoms with van der Waals surface area (Å²) in [4.78, 5) is 32.5. The lowest BCUT2D eigenvalue weighted by Crippen LogP contribution is -2.41. The number of likely N-dealkylation sites (tertiary alicyclic amines) is 1. The molecule has 1 fully saturated rings. The van der Waals surface area contributed by atoms with Crippen LogP contribution in [0.3, 0.4) is 0 Å². The second-order valence-electron chi connectivity index (χ2n) is 7.94. The van der Waals surface area contributed by atoms with Crippen molar-refractivity contribution in [2.45, 2.75) is 32.0 Å². The molecule has 9 nitrogen and oxygen atoms in total. The molecule has 0 spiro atoms. The molecule has 164 valence electrons. The molecule has 3 amide bonds. The molecule has 9 heteroatoms. The molecular weight excluding hydrogens is 410 g/mol. The molecule has 1 aromatic carbocycles. The standard InChI is InChI=1S/C23H23N5O4/c29-22(21-6-10-25-32-21)27-11-7-20(8-12-27)31-19-3-1-18(2-4-19)26-23(30)28-14-16-5-9-24-13-17(16)15-28/h1-6,9-10,13,20H,7-8,11-12,14-15H2,(H,26,30). The minimum absolute atomic E-state index is 0.0333. The first-order valence-corrected chi connectivity index (χ1v) is 10.6. The fourth-order valence-electron chi connectivity index (χ4n) is 4.03. The van der Waals surface area contributed by atoms with Crippen molar-refractivity contribution in [3.63, 3.8) is 0 Å². The Labute approximate surface area is 185 Å². The fourth-order valence-corrected chi connectivity index (χ4v) is 4.03. The van der Waals surface area contributed by atoms with E-state index in [0.29, 0.717) is 31.9 Å². The predicted octanol–water partition coefficient (Wildman–Crippen LogP) is 3.30. The number of pyridine rings is 1. The molecule has 4 heterocycles. The van der Waals surface area contributed by atoms with Gasteiger partial charge in [-0.25, -0.2) is 4.79 Å². The SMILES string of the molecule is O=C(Nc1ccc(OC2CCN(C(=O)c3ccno3)CC2)cc1)N1Cc2ccncc2C1. The van der Waals surface area contributed by atoms with Gasteiger partial charge >= 0.3 is 6.03 Å². The Hall–Kier alpha value is -3.88. The van der Waals surface area contributed by atoms with E-state index in [1.54, 1.807) is 22.1 Å². The van der Waals surface area contributed by atoms with Crippen molar-refractivity contribution < 1.29 is 18.8 Å². The number of hydrogen-bond donors (Lipinski definition) is 1. The van der Waals surface area contributed by atoms with E-state index >= 15 is 0 Å². The fraction of sp³-hybridized carbons (Fsp3) is 0.304. The van der Waals surface area contributed by atoms with Gasteiger partial charge in [-0.15, -0.1) is 0 Å². The van der Waals surface area contributed by atoms with Crippen molar-refractivity contribution in [1.82, 2.24) is 19.9 Å². The van der Waals surface area contributed by atoms with Gasteiger partial charge in [-0.1, -0.05) is 5.16 Å². The summed E-state index contributed by atoms with van der Waals surface area (Å²) in [6.45, 7) is 2.36. The molecular formula is C23H23N5O4. The van der Waals surface area contributed by atoms with E-state index in [-0.39, 0.29) is 23.8 Å². The number of carbonyl (C=O) groups is 2. The van der Waals surface area contributed by atoms with Crippen LogP contribution in [0.5, 0.6) is 5.75 Å². The second kappa shape index (κ2) is 8.70. The number of urea groups is 1. The van der Waals surface area contributed by atoms with Crippen molar-refractivity contribution in [3.05, 3.63) is 71.9 Å². The molecule has 2 aliphatic heterocycles. The van der Waals surface area contributed by atoms with Gasteiger partial charge in [0.1, 0.15) is 11.9 Å². The highest BCUT2D eigenvalue weighted by Gasteiger charge is 2.26. The lowest BCUT2D eigenvalue weighted by Gasteiger charge is -2.31. The first-order valence-electron chi connectivity index (χ1n) is 10.6. The van der Waals surface area contributed by atoms with Crippen LogP contribution < -0.4 is 10.1 Å². The van der Waals surface area contributed by atoms with Gasteiger partial charge in [0.15, 0.2) is 0 Å². The zero-order valence-corrected chi connectivity index (χ0v) is 17.4. The third-order valence-corrected chi connectivity index (χ3v) is 5.80. The number of benzene rings is 1. The van der Waals surface area contributed by atoms with Crippen LogP contribution in [0.1, 0.15) is 34.5 Å². The molecule has 1 saturated heterocycles. The maximum atomic E-state index is 12.6. The third kappa shape index (κ3) is 4.27. The topological polar surface area (TPSA) is 101 Å². The maximum Gasteiger partial charge on any atom is 0.322 e. The summed E-state index contributed by atoms with van der Waals surface area (Å²) in [5.41, 5.74) is 2.93. The molecule has 1 N–H and O–H groups in total. The molecule has 0 unspecified atom stereocenters. The zero-order valence-electron chi connectivity index (χ0n) is 17.4. The summed E-state index contributed by atoms with van der Waals surface area (Å²) < 4.78 is 11.0. The van der Waals surface area contributed by atoms with Crippen LogP contribution in [-0.4, -0.2) is 51.1 Å². The highest BCUT2D eigenvalue weighted by molar-refractivity contribution is 5.91. The smallest absolute Gasteiger partial charge is 0.322 e. The zero-order chi connectivity index (χ0) is 21.9. The number of aromatic nitrogens is 2. The molecule has 0 atom stereocenters. The van der Waals surface area contributed by atoms with E-state index in [1.807, 2.05) is 36.5 Å². The molecule has 32 heavy (non-hydrogen) atoms. The number of nitrogens with one attached hydrogen (secondary N) is 1. The summed E-state index contributed by atoms with van der Waals surface area (Å²) >= 11 is 0. The van der Waals surface area contributed by atoms with Gasteiger partial charge in [-0.3, -0.25) is 9.78 Å². The highest BCUT2D eigenvalue weighted by Crippen LogP contribution is 2.24. The first kappa shape index (κ1) is 20.0. The van der Waals surface area contributed by atoms with Crippen molar-refractivity contribution in [3.8, 4) is 5.75 Å². The molecule has 0 aliphatic carbocycles. The summed E-state index contributed by atoms with van der Waals surface area (Å²) in [6.07, 6.45) is 6.54. The van der Waals surface area contributed by atoms with Crippen LogP contribution in [0.2, 0.25) is 0 Å². The van der Waals surface area contributed by atoms with Crippen LogP contribution >= 0.6 is 0 Å². The number of nitrogens with zero attached hydrogens (tertiary/aromatic N) is 4. The number of rotatable bonds is 4. The van der Waals surface area contributed by atoms with Crippen LogP contribution in [0, 0.1) is 0 Å². The highest BCUT2D eigenvalue weighted by atomic mass is 16.5. The lowest BCUT2D eigenvalue weighted by molar-refractivity contribution is 0.0558. The Balaban J connectivity index is 1.10. The monoisotopic (exact) mass is 433 g/mol. The Morgan fingerprint density at radius 2 is 1.75 bits per heavy atom. The number of amides is 3. The number of anilines is 1. The van der Waals surface area contributed by atoms with Gasteiger partial charge in [0, 0.05) is 63.2 Å². The summed E-state index contributed by atoms with van der Waals surface area (Å²) in [6, 6.07) is 10.8. The van der Waals surface area contributed by atoms with Crippen LogP contribution in [0.15, 0.2) is 59.5 Å². The average Bonchev–Trinajstić information content (AvgIpc) is 3.51. The first-order chi connectivity index (χ1) is 15.7. The Bertz CT molecular complexity index is 1070. The average molecular weight is 433 g/mol. The quantitative estimate of drug-likeness (QED) is 0.678.